The van der Waals surface area contributed by atoms with Crippen molar-refractivity contribution in [2.75, 3.05) is 18.0 Å². The molecule has 2 atom stereocenters. The minimum atomic E-state index is -0.714. The van der Waals surface area contributed by atoms with E-state index in [1.54, 1.807) is 6.92 Å². The fourth-order valence-electron chi connectivity index (χ4n) is 2.10. The van der Waals surface area contributed by atoms with E-state index in [4.69, 9.17) is 9.52 Å². The van der Waals surface area contributed by atoms with Gasteiger partial charge in [0.1, 0.15) is 0 Å². The standard InChI is InChI=1S/C10H15N3O3/c1-6-5-13(4-3-8(6)9(14)15)10-12-11-7(2)16-10/h6,8H,3-5H2,1-2H3,(H,14,15)/t6-,8?/m1/s1. The van der Waals surface area contributed by atoms with Crippen LogP contribution >= 0.6 is 0 Å². The molecule has 1 aliphatic rings. The van der Waals surface area contributed by atoms with Crippen LogP contribution in [0, 0.1) is 18.8 Å². The average Bonchev–Trinajstić information content (AvgIpc) is 2.64. The molecule has 2 heterocycles. The van der Waals surface area contributed by atoms with Crippen LogP contribution in [0.5, 0.6) is 0 Å². The van der Waals surface area contributed by atoms with Crippen molar-refractivity contribution in [2.24, 2.45) is 11.8 Å². The van der Waals surface area contributed by atoms with Gasteiger partial charge in [-0.15, -0.1) is 5.10 Å². The van der Waals surface area contributed by atoms with Gasteiger partial charge in [0.15, 0.2) is 0 Å². The Balaban J connectivity index is 2.05. The average molecular weight is 225 g/mol. The lowest BCUT2D eigenvalue weighted by Gasteiger charge is -2.33. The van der Waals surface area contributed by atoms with Gasteiger partial charge in [-0.2, -0.15) is 0 Å². The van der Waals surface area contributed by atoms with Crippen molar-refractivity contribution < 1.29 is 14.3 Å². The van der Waals surface area contributed by atoms with E-state index in [-0.39, 0.29) is 11.8 Å². The van der Waals surface area contributed by atoms with Crippen LogP contribution < -0.4 is 4.90 Å². The van der Waals surface area contributed by atoms with Gasteiger partial charge < -0.3 is 14.4 Å². The molecule has 0 amide bonds. The SMILES string of the molecule is Cc1nnc(N2CCC(C(=O)O)[C@H](C)C2)o1. The van der Waals surface area contributed by atoms with Gasteiger partial charge in [-0.1, -0.05) is 12.0 Å². The van der Waals surface area contributed by atoms with Gasteiger partial charge in [0, 0.05) is 20.0 Å². The van der Waals surface area contributed by atoms with Crippen molar-refractivity contribution in [1.29, 1.82) is 0 Å². The summed E-state index contributed by atoms with van der Waals surface area (Å²) >= 11 is 0. The smallest absolute Gasteiger partial charge is 0.318 e. The summed E-state index contributed by atoms with van der Waals surface area (Å²) in [6, 6.07) is 0.494. The molecule has 1 aromatic rings. The predicted molar refractivity (Wildman–Crippen MR) is 56.2 cm³/mol. The van der Waals surface area contributed by atoms with Crippen molar-refractivity contribution in [1.82, 2.24) is 10.2 Å². The number of hydrogen-bond acceptors (Lipinski definition) is 5. The number of aromatic nitrogens is 2. The van der Waals surface area contributed by atoms with Gasteiger partial charge in [0.25, 0.3) is 0 Å². The molecule has 2 rings (SSSR count). The number of aliphatic carboxylic acids is 1. The molecule has 1 saturated heterocycles. The summed E-state index contributed by atoms with van der Waals surface area (Å²) in [6.45, 7) is 4.99. The van der Waals surface area contributed by atoms with Crippen LogP contribution in [0.15, 0.2) is 4.42 Å². The predicted octanol–water partition coefficient (Wildman–Crippen LogP) is 0.925. The highest BCUT2D eigenvalue weighted by Gasteiger charge is 2.32. The Kier molecular flexibility index (Phi) is 2.80. The molecule has 0 bridgehead atoms. The third kappa shape index (κ3) is 2.00. The Morgan fingerprint density at radius 2 is 2.31 bits per heavy atom. The number of carboxylic acid groups (broad SMARTS) is 1. The van der Waals surface area contributed by atoms with E-state index >= 15 is 0 Å². The van der Waals surface area contributed by atoms with Crippen LogP contribution in [-0.4, -0.2) is 34.4 Å². The number of carbonyl (C=O) groups is 1. The first-order chi connectivity index (χ1) is 7.58. The van der Waals surface area contributed by atoms with Gasteiger partial charge in [0.2, 0.25) is 5.89 Å². The summed E-state index contributed by atoms with van der Waals surface area (Å²) in [6.07, 6.45) is 0.623. The van der Waals surface area contributed by atoms with Crippen molar-refractivity contribution in [3.8, 4) is 0 Å². The van der Waals surface area contributed by atoms with Crippen molar-refractivity contribution in [3.63, 3.8) is 0 Å². The molecule has 6 nitrogen and oxygen atoms in total. The molecule has 0 radical (unpaired) electrons. The second-order valence-corrected chi connectivity index (χ2v) is 4.26. The van der Waals surface area contributed by atoms with Crippen molar-refractivity contribution >= 4 is 12.0 Å². The minimum absolute atomic E-state index is 0.0958. The molecule has 1 fully saturated rings. The third-order valence-corrected chi connectivity index (χ3v) is 3.01. The molecule has 6 heteroatoms. The normalized spacial score (nSPS) is 25.8. The highest BCUT2D eigenvalue weighted by atomic mass is 16.4. The molecular weight excluding hydrogens is 210 g/mol. The van der Waals surface area contributed by atoms with E-state index in [1.807, 2.05) is 11.8 Å². The van der Waals surface area contributed by atoms with Crippen LogP contribution in [0.1, 0.15) is 19.2 Å². The van der Waals surface area contributed by atoms with Crippen molar-refractivity contribution in [3.05, 3.63) is 5.89 Å². The first kappa shape index (κ1) is 10.9. The van der Waals surface area contributed by atoms with Gasteiger partial charge in [-0.25, -0.2) is 0 Å². The summed E-state index contributed by atoms with van der Waals surface area (Å²) in [7, 11) is 0. The van der Waals surface area contributed by atoms with E-state index in [9.17, 15) is 4.79 Å². The summed E-state index contributed by atoms with van der Waals surface area (Å²) in [5.41, 5.74) is 0. The second-order valence-electron chi connectivity index (χ2n) is 4.26. The quantitative estimate of drug-likeness (QED) is 0.806. The summed E-state index contributed by atoms with van der Waals surface area (Å²) in [4.78, 5) is 12.9. The first-order valence-electron chi connectivity index (χ1n) is 5.36. The number of nitrogens with zero attached hydrogens (tertiary/aromatic N) is 3. The Hall–Kier alpha value is -1.59. The van der Waals surface area contributed by atoms with E-state index in [2.05, 4.69) is 10.2 Å². The number of anilines is 1. The molecule has 1 N–H and O–H groups in total. The van der Waals surface area contributed by atoms with Gasteiger partial charge >= 0.3 is 12.0 Å². The maximum Gasteiger partial charge on any atom is 0.318 e. The highest BCUT2D eigenvalue weighted by Crippen LogP contribution is 2.26. The number of carboxylic acids is 1. The van der Waals surface area contributed by atoms with E-state index in [0.717, 1.165) is 0 Å². The van der Waals surface area contributed by atoms with Crippen LogP contribution in [-0.2, 0) is 4.79 Å². The van der Waals surface area contributed by atoms with Crippen LogP contribution in [0.2, 0.25) is 0 Å². The first-order valence-corrected chi connectivity index (χ1v) is 5.36. The summed E-state index contributed by atoms with van der Waals surface area (Å²) < 4.78 is 5.32. The summed E-state index contributed by atoms with van der Waals surface area (Å²) in [5, 5.41) is 16.7. The Bertz CT molecular complexity index is 390. The number of piperidine rings is 1. The fourth-order valence-corrected chi connectivity index (χ4v) is 2.10. The molecular formula is C10H15N3O3. The number of hydrogen-bond donors (Lipinski definition) is 1. The van der Waals surface area contributed by atoms with Crippen LogP contribution in [0.25, 0.3) is 0 Å². The maximum absolute atomic E-state index is 10.9. The van der Waals surface area contributed by atoms with E-state index < -0.39 is 5.97 Å². The lowest BCUT2D eigenvalue weighted by molar-refractivity contribution is -0.144. The molecule has 1 aromatic heterocycles. The largest absolute Gasteiger partial charge is 0.481 e. The topological polar surface area (TPSA) is 79.5 Å². The molecule has 0 spiro atoms. The number of rotatable bonds is 2. The zero-order chi connectivity index (χ0) is 11.7. The Morgan fingerprint density at radius 3 is 2.81 bits per heavy atom. The molecule has 0 aliphatic carbocycles. The molecule has 88 valence electrons. The van der Waals surface area contributed by atoms with Crippen LogP contribution in [0.4, 0.5) is 6.01 Å². The third-order valence-electron chi connectivity index (χ3n) is 3.01. The zero-order valence-electron chi connectivity index (χ0n) is 9.38. The highest BCUT2D eigenvalue weighted by molar-refractivity contribution is 5.70. The fraction of sp³-hybridized carbons (Fsp3) is 0.700. The minimum Gasteiger partial charge on any atom is -0.481 e. The van der Waals surface area contributed by atoms with Gasteiger partial charge in [0.05, 0.1) is 5.92 Å². The molecule has 0 saturated carbocycles. The number of aryl methyl sites for hydroxylation is 1. The molecule has 1 aliphatic heterocycles. The zero-order valence-corrected chi connectivity index (χ0v) is 9.38. The van der Waals surface area contributed by atoms with Crippen LogP contribution in [0.3, 0.4) is 0 Å². The van der Waals surface area contributed by atoms with Gasteiger partial charge in [-0.05, 0) is 12.3 Å². The lowest BCUT2D eigenvalue weighted by Crippen LogP contribution is -2.42. The van der Waals surface area contributed by atoms with Crippen molar-refractivity contribution in [2.45, 2.75) is 20.3 Å². The monoisotopic (exact) mass is 225 g/mol. The molecule has 0 aromatic carbocycles. The lowest BCUT2D eigenvalue weighted by atomic mass is 9.87. The van der Waals surface area contributed by atoms with E-state index in [0.29, 0.717) is 31.4 Å². The van der Waals surface area contributed by atoms with E-state index in [1.165, 1.54) is 0 Å². The van der Waals surface area contributed by atoms with Gasteiger partial charge in [-0.3, -0.25) is 4.79 Å². The second kappa shape index (κ2) is 4.11. The molecule has 1 unspecified atom stereocenters. The summed E-state index contributed by atoms with van der Waals surface area (Å²) in [5.74, 6) is -0.351. The maximum atomic E-state index is 10.9. The Morgan fingerprint density at radius 1 is 1.56 bits per heavy atom. The Labute approximate surface area is 93.3 Å². The molecule has 16 heavy (non-hydrogen) atoms.